The van der Waals surface area contributed by atoms with Crippen LogP contribution in [-0.4, -0.2) is 35.9 Å². The minimum atomic E-state index is 0.262. The minimum absolute atomic E-state index is 0.262. The van der Waals surface area contributed by atoms with Gasteiger partial charge in [0.1, 0.15) is 0 Å². The molecule has 1 aliphatic rings. The molecule has 3 atom stereocenters. The Kier molecular flexibility index (Phi) is 6.18. The van der Waals surface area contributed by atoms with Gasteiger partial charge in [-0.1, -0.05) is 25.9 Å². The molecule has 5 heteroatoms. The van der Waals surface area contributed by atoms with Crippen molar-refractivity contribution in [1.82, 2.24) is 15.5 Å². The van der Waals surface area contributed by atoms with Crippen LogP contribution in [0.15, 0.2) is 4.52 Å². The molecule has 120 valence electrons. The highest BCUT2D eigenvalue weighted by molar-refractivity contribution is 5.01. The standard InChI is InChI=1S/C16H29N3O2/c1-5-7-17-12(4)15(11(2)3)16-18-14(19-21-16)9-13-6-8-20-10-13/h11-13,15,17H,5-10H2,1-4H3. The Labute approximate surface area is 127 Å². The number of hydrogen-bond donors (Lipinski definition) is 1. The molecule has 0 spiro atoms. The predicted molar refractivity (Wildman–Crippen MR) is 82.3 cm³/mol. The summed E-state index contributed by atoms with van der Waals surface area (Å²) in [6.45, 7) is 11.5. The molecule has 0 aromatic carbocycles. The van der Waals surface area contributed by atoms with Crippen LogP contribution < -0.4 is 5.32 Å². The molecule has 0 bridgehead atoms. The van der Waals surface area contributed by atoms with E-state index < -0.39 is 0 Å². The molecule has 3 unspecified atom stereocenters. The van der Waals surface area contributed by atoms with Crippen molar-refractivity contribution < 1.29 is 9.26 Å². The lowest BCUT2D eigenvalue weighted by Gasteiger charge is -2.25. The Bertz CT molecular complexity index is 413. The molecule has 1 saturated heterocycles. The third-order valence-electron chi connectivity index (χ3n) is 4.24. The Morgan fingerprint density at radius 1 is 1.33 bits per heavy atom. The lowest BCUT2D eigenvalue weighted by molar-refractivity contribution is 0.185. The van der Waals surface area contributed by atoms with E-state index in [9.17, 15) is 0 Å². The fourth-order valence-corrected chi connectivity index (χ4v) is 3.06. The third kappa shape index (κ3) is 4.51. The number of aromatic nitrogens is 2. The average Bonchev–Trinajstić information content (AvgIpc) is 3.09. The molecule has 0 radical (unpaired) electrons. The normalized spacial score (nSPS) is 21.9. The van der Waals surface area contributed by atoms with Crippen molar-refractivity contribution in [3.63, 3.8) is 0 Å². The summed E-state index contributed by atoms with van der Waals surface area (Å²) < 4.78 is 11.0. The van der Waals surface area contributed by atoms with Gasteiger partial charge in [0, 0.05) is 25.7 Å². The summed E-state index contributed by atoms with van der Waals surface area (Å²) in [4.78, 5) is 4.65. The van der Waals surface area contributed by atoms with Crippen LogP contribution in [0, 0.1) is 11.8 Å². The van der Waals surface area contributed by atoms with Crippen LogP contribution in [0.25, 0.3) is 0 Å². The van der Waals surface area contributed by atoms with Crippen molar-refractivity contribution in [2.24, 2.45) is 11.8 Å². The first kappa shape index (κ1) is 16.4. The second kappa shape index (κ2) is 7.90. The van der Waals surface area contributed by atoms with Gasteiger partial charge < -0.3 is 14.6 Å². The van der Waals surface area contributed by atoms with E-state index in [-0.39, 0.29) is 5.92 Å². The highest BCUT2D eigenvalue weighted by atomic mass is 16.5. The highest BCUT2D eigenvalue weighted by Crippen LogP contribution is 2.27. The zero-order valence-electron chi connectivity index (χ0n) is 13.8. The van der Waals surface area contributed by atoms with E-state index in [2.05, 4.69) is 43.2 Å². The van der Waals surface area contributed by atoms with Crippen molar-refractivity contribution >= 4 is 0 Å². The van der Waals surface area contributed by atoms with Gasteiger partial charge in [0.2, 0.25) is 5.89 Å². The molecule has 0 amide bonds. The number of ether oxygens (including phenoxy) is 1. The van der Waals surface area contributed by atoms with Gasteiger partial charge in [-0.25, -0.2) is 0 Å². The summed E-state index contributed by atoms with van der Waals surface area (Å²) in [7, 11) is 0. The topological polar surface area (TPSA) is 60.2 Å². The molecular weight excluding hydrogens is 266 g/mol. The van der Waals surface area contributed by atoms with Gasteiger partial charge in [-0.05, 0) is 38.1 Å². The predicted octanol–water partition coefficient (Wildman–Crippen LogP) is 2.78. The van der Waals surface area contributed by atoms with E-state index in [1.807, 2.05) is 0 Å². The highest BCUT2D eigenvalue weighted by Gasteiger charge is 2.28. The van der Waals surface area contributed by atoms with E-state index in [1.54, 1.807) is 0 Å². The summed E-state index contributed by atoms with van der Waals surface area (Å²) in [5, 5.41) is 7.72. The Hall–Kier alpha value is -0.940. The van der Waals surface area contributed by atoms with E-state index in [0.717, 1.165) is 50.7 Å². The number of nitrogens with one attached hydrogen (secondary N) is 1. The molecule has 1 N–H and O–H groups in total. The molecular formula is C16H29N3O2. The van der Waals surface area contributed by atoms with Crippen LogP contribution in [0.2, 0.25) is 0 Å². The summed E-state index contributed by atoms with van der Waals surface area (Å²) in [5.41, 5.74) is 0. The Balaban J connectivity index is 2.00. The van der Waals surface area contributed by atoms with E-state index in [4.69, 9.17) is 9.26 Å². The van der Waals surface area contributed by atoms with Crippen molar-refractivity contribution in [2.45, 2.75) is 58.9 Å². The molecule has 1 aromatic heterocycles. The van der Waals surface area contributed by atoms with Crippen LogP contribution in [0.5, 0.6) is 0 Å². The van der Waals surface area contributed by atoms with Gasteiger partial charge in [-0.2, -0.15) is 4.98 Å². The van der Waals surface area contributed by atoms with Gasteiger partial charge in [0.25, 0.3) is 0 Å². The van der Waals surface area contributed by atoms with Crippen LogP contribution >= 0.6 is 0 Å². The number of rotatable bonds is 8. The molecule has 5 nitrogen and oxygen atoms in total. The van der Waals surface area contributed by atoms with Gasteiger partial charge in [0.15, 0.2) is 5.82 Å². The quantitative estimate of drug-likeness (QED) is 0.799. The molecule has 21 heavy (non-hydrogen) atoms. The first-order chi connectivity index (χ1) is 10.1. The van der Waals surface area contributed by atoms with Crippen LogP contribution in [0.4, 0.5) is 0 Å². The van der Waals surface area contributed by atoms with Crippen LogP contribution in [0.3, 0.4) is 0 Å². The summed E-state index contributed by atoms with van der Waals surface area (Å²) >= 11 is 0. The maximum absolute atomic E-state index is 5.56. The van der Waals surface area contributed by atoms with Crippen molar-refractivity contribution in [1.29, 1.82) is 0 Å². The van der Waals surface area contributed by atoms with Gasteiger partial charge in [0.05, 0.1) is 5.92 Å². The molecule has 1 aromatic rings. The summed E-state index contributed by atoms with van der Waals surface area (Å²) in [5.74, 6) is 2.87. The lowest BCUT2D eigenvalue weighted by atomic mass is 9.89. The van der Waals surface area contributed by atoms with Gasteiger partial charge >= 0.3 is 0 Å². The molecule has 1 fully saturated rings. The Morgan fingerprint density at radius 3 is 2.76 bits per heavy atom. The maximum Gasteiger partial charge on any atom is 0.231 e. The largest absolute Gasteiger partial charge is 0.381 e. The summed E-state index contributed by atoms with van der Waals surface area (Å²) in [6.07, 6.45) is 3.10. The molecule has 1 aliphatic heterocycles. The molecule has 2 rings (SSSR count). The first-order valence-corrected chi connectivity index (χ1v) is 8.25. The zero-order valence-corrected chi connectivity index (χ0v) is 13.8. The van der Waals surface area contributed by atoms with Gasteiger partial charge in [-0.3, -0.25) is 0 Å². The van der Waals surface area contributed by atoms with Gasteiger partial charge in [-0.15, -0.1) is 0 Å². The molecule has 0 aliphatic carbocycles. The fraction of sp³-hybridized carbons (Fsp3) is 0.875. The maximum atomic E-state index is 5.56. The molecule has 0 saturated carbocycles. The van der Waals surface area contributed by atoms with E-state index in [1.165, 1.54) is 0 Å². The SMILES string of the molecule is CCCNC(C)C(c1nc(CC2CCOC2)no1)C(C)C. The molecule has 2 heterocycles. The van der Waals surface area contributed by atoms with E-state index >= 15 is 0 Å². The van der Waals surface area contributed by atoms with Crippen LogP contribution in [0.1, 0.15) is 58.2 Å². The van der Waals surface area contributed by atoms with Crippen molar-refractivity contribution in [3.8, 4) is 0 Å². The first-order valence-electron chi connectivity index (χ1n) is 8.25. The lowest BCUT2D eigenvalue weighted by Crippen LogP contribution is -2.35. The second-order valence-corrected chi connectivity index (χ2v) is 6.50. The minimum Gasteiger partial charge on any atom is -0.381 e. The van der Waals surface area contributed by atoms with Crippen molar-refractivity contribution in [2.75, 3.05) is 19.8 Å². The summed E-state index contributed by atoms with van der Waals surface area (Å²) in [6, 6.07) is 0.341. The van der Waals surface area contributed by atoms with Crippen LogP contribution in [-0.2, 0) is 11.2 Å². The average molecular weight is 295 g/mol. The smallest absolute Gasteiger partial charge is 0.231 e. The number of nitrogens with zero attached hydrogens (tertiary/aromatic N) is 2. The van der Waals surface area contributed by atoms with Crippen molar-refractivity contribution in [3.05, 3.63) is 11.7 Å². The fourth-order valence-electron chi connectivity index (χ4n) is 3.06. The number of hydrogen-bond acceptors (Lipinski definition) is 5. The Morgan fingerprint density at radius 2 is 2.14 bits per heavy atom. The third-order valence-corrected chi connectivity index (χ3v) is 4.24. The second-order valence-electron chi connectivity index (χ2n) is 6.50. The monoisotopic (exact) mass is 295 g/mol. The zero-order chi connectivity index (χ0) is 15.2. The van der Waals surface area contributed by atoms with E-state index in [0.29, 0.717) is 17.9 Å².